The molecule has 96 valence electrons. The average molecular weight is 247 g/mol. The molecule has 5 heteroatoms. The van der Waals surface area contributed by atoms with Gasteiger partial charge in [-0.2, -0.15) is 5.26 Å². The Kier molecular flexibility index (Phi) is 5.28. The minimum absolute atomic E-state index is 0.116. The SMILES string of the molecule is Cc1nc(C(=O)NCC(C)CCO)ccc1C#N. The number of aliphatic hydroxyl groups is 1. The molecule has 0 aliphatic heterocycles. The van der Waals surface area contributed by atoms with Crippen LogP contribution in [-0.2, 0) is 0 Å². The van der Waals surface area contributed by atoms with Crippen LogP contribution in [0.4, 0.5) is 0 Å². The molecule has 0 aliphatic rings. The third-order valence-corrected chi connectivity index (χ3v) is 2.67. The van der Waals surface area contributed by atoms with Gasteiger partial charge in [0.15, 0.2) is 0 Å². The van der Waals surface area contributed by atoms with Crippen LogP contribution in [0, 0.1) is 24.2 Å². The van der Waals surface area contributed by atoms with Crippen molar-refractivity contribution in [1.29, 1.82) is 5.26 Å². The maximum atomic E-state index is 11.8. The first-order valence-electron chi connectivity index (χ1n) is 5.85. The van der Waals surface area contributed by atoms with E-state index in [0.29, 0.717) is 29.9 Å². The van der Waals surface area contributed by atoms with Gasteiger partial charge in [-0.05, 0) is 31.4 Å². The van der Waals surface area contributed by atoms with Crippen LogP contribution in [0.3, 0.4) is 0 Å². The monoisotopic (exact) mass is 247 g/mol. The third-order valence-electron chi connectivity index (χ3n) is 2.67. The Bertz CT molecular complexity index is 466. The second kappa shape index (κ2) is 6.72. The zero-order valence-corrected chi connectivity index (χ0v) is 10.6. The number of hydrogen-bond acceptors (Lipinski definition) is 4. The van der Waals surface area contributed by atoms with E-state index in [1.165, 1.54) is 6.07 Å². The largest absolute Gasteiger partial charge is 0.396 e. The Hall–Kier alpha value is -1.93. The van der Waals surface area contributed by atoms with Gasteiger partial charge < -0.3 is 10.4 Å². The molecule has 0 aliphatic carbocycles. The van der Waals surface area contributed by atoms with Gasteiger partial charge in [-0.15, -0.1) is 0 Å². The molecule has 0 aromatic carbocycles. The number of aryl methyl sites for hydroxylation is 1. The van der Waals surface area contributed by atoms with E-state index in [0.717, 1.165) is 0 Å². The van der Waals surface area contributed by atoms with Gasteiger partial charge >= 0.3 is 0 Å². The van der Waals surface area contributed by atoms with E-state index < -0.39 is 0 Å². The minimum atomic E-state index is -0.257. The van der Waals surface area contributed by atoms with Crippen molar-refractivity contribution in [3.05, 3.63) is 29.1 Å². The molecule has 5 nitrogen and oxygen atoms in total. The number of nitrogens with zero attached hydrogens (tertiary/aromatic N) is 2. The van der Waals surface area contributed by atoms with Crippen molar-refractivity contribution in [2.24, 2.45) is 5.92 Å². The molecular formula is C13H17N3O2. The number of nitrogens with one attached hydrogen (secondary N) is 1. The lowest BCUT2D eigenvalue weighted by Gasteiger charge is -2.11. The highest BCUT2D eigenvalue weighted by atomic mass is 16.3. The fraction of sp³-hybridized carbons (Fsp3) is 0.462. The zero-order chi connectivity index (χ0) is 13.5. The van der Waals surface area contributed by atoms with Crippen molar-refractivity contribution in [3.63, 3.8) is 0 Å². The summed E-state index contributed by atoms with van der Waals surface area (Å²) in [7, 11) is 0. The van der Waals surface area contributed by atoms with Crippen LogP contribution in [0.25, 0.3) is 0 Å². The van der Waals surface area contributed by atoms with Crippen LogP contribution >= 0.6 is 0 Å². The van der Waals surface area contributed by atoms with Crippen LogP contribution in [-0.4, -0.2) is 29.1 Å². The van der Waals surface area contributed by atoms with Crippen LogP contribution in [0.1, 0.15) is 35.1 Å². The van der Waals surface area contributed by atoms with Crippen LogP contribution in [0.15, 0.2) is 12.1 Å². The molecule has 1 amide bonds. The number of amides is 1. The smallest absolute Gasteiger partial charge is 0.269 e. The van der Waals surface area contributed by atoms with E-state index >= 15 is 0 Å². The summed E-state index contributed by atoms with van der Waals surface area (Å²) in [6.07, 6.45) is 0.653. The molecule has 1 unspecified atom stereocenters. The second-order valence-corrected chi connectivity index (χ2v) is 4.27. The summed E-state index contributed by atoms with van der Waals surface area (Å²) in [6.45, 7) is 4.27. The highest BCUT2D eigenvalue weighted by molar-refractivity contribution is 5.92. The summed E-state index contributed by atoms with van der Waals surface area (Å²) in [5, 5.41) is 20.3. The Morgan fingerprint density at radius 2 is 2.33 bits per heavy atom. The number of pyridine rings is 1. The summed E-state index contributed by atoms with van der Waals surface area (Å²) in [6, 6.07) is 5.14. The summed E-state index contributed by atoms with van der Waals surface area (Å²) in [4.78, 5) is 15.9. The van der Waals surface area contributed by atoms with Crippen molar-refractivity contribution in [3.8, 4) is 6.07 Å². The summed E-state index contributed by atoms with van der Waals surface area (Å²) in [5.74, 6) is -0.0363. The molecule has 2 N–H and O–H groups in total. The number of hydrogen-bond donors (Lipinski definition) is 2. The predicted molar refractivity (Wildman–Crippen MR) is 66.9 cm³/mol. The summed E-state index contributed by atoms with van der Waals surface area (Å²) < 4.78 is 0. The van der Waals surface area contributed by atoms with Crippen molar-refractivity contribution in [2.75, 3.05) is 13.2 Å². The number of aliphatic hydroxyl groups excluding tert-OH is 1. The number of carbonyl (C=O) groups is 1. The molecule has 1 atom stereocenters. The van der Waals surface area contributed by atoms with Crippen molar-refractivity contribution >= 4 is 5.91 Å². The average Bonchev–Trinajstić information content (AvgIpc) is 2.36. The third kappa shape index (κ3) is 3.82. The molecule has 1 aromatic rings. The molecule has 0 saturated carbocycles. The molecule has 1 aromatic heterocycles. The molecule has 0 bridgehead atoms. The van der Waals surface area contributed by atoms with E-state index in [9.17, 15) is 4.79 Å². The molecule has 0 spiro atoms. The van der Waals surface area contributed by atoms with E-state index in [2.05, 4.69) is 10.3 Å². The molecular weight excluding hydrogens is 230 g/mol. The molecule has 18 heavy (non-hydrogen) atoms. The number of aromatic nitrogens is 1. The highest BCUT2D eigenvalue weighted by Crippen LogP contribution is 2.06. The van der Waals surface area contributed by atoms with E-state index in [1.807, 2.05) is 13.0 Å². The van der Waals surface area contributed by atoms with E-state index in [4.69, 9.17) is 10.4 Å². The zero-order valence-electron chi connectivity index (χ0n) is 10.6. The lowest BCUT2D eigenvalue weighted by atomic mass is 10.1. The van der Waals surface area contributed by atoms with Gasteiger partial charge in [0.1, 0.15) is 11.8 Å². The Morgan fingerprint density at radius 1 is 1.61 bits per heavy atom. The number of nitriles is 1. The lowest BCUT2D eigenvalue weighted by Crippen LogP contribution is -2.29. The van der Waals surface area contributed by atoms with Gasteiger partial charge in [0.2, 0.25) is 0 Å². The Morgan fingerprint density at radius 3 is 2.89 bits per heavy atom. The number of carbonyl (C=O) groups excluding carboxylic acids is 1. The van der Waals surface area contributed by atoms with Gasteiger partial charge in [-0.1, -0.05) is 6.92 Å². The van der Waals surface area contributed by atoms with Crippen molar-refractivity contribution in [1.82, 2.24) is 10.3 Å². The topological polar surface area (TPSA) is 86.0 Å². The van der Waals surface area contributed by atoms with Gasteiger partial charge in [0.05, 0.1) is 11.3 Å². The first-order valence-corrected chi connectivity index (χ1v) is 5.85. The Labute approximate surface area is 106 Å². The maximum Gasteiger partial charge on any atom is 0.269 e. The normalized spacial score (nSPS) is 11.7. The van der Waals surface area contributed by atoms with Gasteiger partial charge in [-0.3, -0.25) is 4.79 Å². The summed E-state index contributed by atoms with van der Waals surface area (Å²) >= 11 is 0. The fourth-order valence-electron chi connectivity index (χ4n) is 1.49. The van der Waals surface area contributed by atoms with Crippen molar-refractivity contribution < 1.29 is 9.90 Å². The molecule has 1 heterocycles. The Balaban J connectivity index is 2.62. The van der Waals surface area contributed by atoms with E-state index in [-0.39, 0.29) is 18.4 Å². The van der Waals surface area contributed by atoms with Gasteiger partial charge in [-0.25, -0.2) is 4.98 Å². The maximum absolute atomic E-state index is 11.8. The van der Waals surface area contributed by atoms with Crippen molar-refractivity contribution in [2.45, 2.75) is 20.3 Å². The second-order valence-electron chi connectivity index (χ2n) is 4.27. The molecule has 0 fully saturated rings. The standard InChI is InChI=1S/C13H17N3O2/c1-9(5-6-17)8-15-13(18)12-4-3-11(7-14)10(2)16-12/h3-4,9,17H,5-6,8H2,1-2H3,(H,15,18). The molecule has 1 rings (SSSR count). The first kappa shape index (κ1) is 14.1. The predicted octanol–water partition coefficient (Wildman–Crippen LogP) is 1.01. The fourth-order valence-corrected chi connectivity index (χ4v) is 1.49. The van der Waals surface area contributed by atoms with Gasteiger partial charge in [0.25, 0.3) is 5.91 Å². The van der Waals surface area contributed by atoms with Crippen LogP contribution in [0.5, 0.6) is 0 Å². The summed E-state index contributed by atoms with van der Waals surface area (Å²) in [5.41, 5.74) is 1.33. The van der Waals surface area contributed by atoms with Crippen LogP contribution < -0.4 is 5.32 Å². The minimum Gasteiger partial charge on any atom is -0.396 e. The van der Waals surface area contributed by atoms with E-state index in [1.54, 1.807) is 13.0 Å². The first-order chi connectivity index (χ1) is 8.58. The lowest BCUT2D eigenvalue weighted by molar-refractivity contribution is 0.0940. The number of rotatable bonds is 5. The quantitative estimate of drug-likeness (QED) is 0.813. The van der Waals surface area contributed by atoms with Crippen LogP contribution in [0.2, 0.25) is 0 Å². The molecule has 0 radical (unpaired) electrons. The van der Waals surface area contributed by atoms with Gasteiger partial charge in [0, 0.05) is 13.2 Å². The highest BCUT2D eigenvalue weighted by Gasteiger charge is 2.10. The molecule has 0 saturated heterocycles.